The van der Waals surface area contributed by atoms with Gasteiger partial charge in [-0.05, 0) is 73.4 Å². The number of hydrogen-bond donors (Lipinski definition) is 1. The van der Waals surface area contributed by atoms with Gasteiger partial charge in [-0.2, -0.15) is 5.10 Å². The molecule has 5 aromatic rings. The molecule has 6 rings (SSSR count). The van der Waals surface area contributed by atoms with Gasteiger partial charge in [-0.15, -0.1) is 0 Å². The molecule has 0 amide bonds. The van der Waals surface area contributed by atoms with Crippen LogP contribution in [0.25, 0.3) is 32.8 Å². The second-order valence-corrected chi connectivity index (χ2v) is 11.1. The van der Waals surface area contributed by atoms with E-state index in [-0.39, 0.29) is 11.5 Å². The minimum Gasteiger partial charge on any atom is -0.493 e. The van der Waals surface area contributed by atoms with Gasteiger partial charge in [-0.25, -0.2) is 9.18 Å². The summed E-state index contributed by atoms with van der Waals surface area (Å²) < 4.78 is 29.6. The Labute approximate surface area is 248 Å². The average Bonchev–Trinajstić information content (AvgIpc) is 3.44. The number of halogens is 2. The van der Waals surface area contributed by atoms with Crippen LogP contribution in [-0.4, -0.2) is 38.6 Å². The van der Waals surface area contributed by atoms with E-state index in [2.05, 4.69) is 6.92 Å². The van der Waals surface area contributed by atoms with E-state index in [4.69, 9.17) is 26.2 Å². The number of fused-ring (bicyclic) bond motifs is 3. The molecule has 3 heterocycles. The Morgan fingerprint density at radius 1 is 1.14 bits per heavy atom. The van der Waals surface area contributed by atoms with Crippen LogP contribution in [0.15, 0.2) is 48.5 Å². The summed E-state index contributed by atoms with van der Waals surface area (Å²) >= 11 is 6.95. The lowest BCUT2D eigenvalue weighted by Gasteiger charge is -2.14. The Balaban J connectivity index is 1.42. The molecule has 0 atom stereocenters. The highest BCUT2D eigenvalue weighted by Crippen LogP contribution is 2.43. The van der Waals surface area contributed by atoms with Gasteiger partial charge in [-0.1, -0.05) is 36.7 Å². The topological polar surface area (TPSA) is 78.5 Å². The van der Waals surface area contributed by atoms with E-state index in [0.717, 1.165) is 69.0 Å². The first-order valence-electron chi connectivity index (χ1n) is 14.4. The lowest BCUT2D eigenvalue weighted by molar-refractivity contribution is 0.0683. The molecule has 7 nitrogen and oxygen atoms in total. The van der Waals surface area contributed by atoms with Crippen molar-refractivity contribution in [1.29, 1.82) is 0 Å². The third-order valence-corrected chi connectivity index (χ3v) is 8.41. The molecule has 0 spiro atoms. The molecule has 1 aliphatic heterocycles. The maximum Gasteiger partial charge on any atom is 0.352 e. The summed E-state index contributed by atoms with van der Waals surface area (Å²) in [6, 6.07) is 14.0. The van der Waals surface area contributed by atoms with E-state index in [1.807, 2.05) is 46.6 Å². The smallest absolute Gasteiger partial charge is 0.352 e. The quantitative estimate of drug-likeness (QED) is 0.198. The van der Waals surface area contributed by atoms with Crippen LogP contribution in [-0.2, 0) is 37.8 Å². The van der Waals surface area contributed by atoms with Crippen molar-refractivity contribution in [3.05, 3.63) is 82.0 Å². The van der Waals surface area contributed by atoms with Crippen LogP contribution in [0.1, 0.15) is 53.6 Å². The number of rotatable bonds is 7. The predicted octanol–water partition coefficient (Wildman–Crippen LogP) is 7.57. The van der Waals surface area contributed by atoms with Gasteiger partial charge in [0.15, 0.2) is 0 Å². The second-order valence-electron chi connectivity index (χ2n) is 10.7. The first kappa shape index (κ1) is 28.2. The normalized spacial score (nSPS) is 13.7. The number of aryl methyl sites for hydroxylation is 3. The van der Waals surface area contributed by atoms with Crippen molar-refractivity contribution < 1.29 is 23.8 Å². The molecule has 0 saturated carbocycles. The van der Waals surface area contributed by atoms with Gasteiger partial charge in [0.2, 0.25) is 0 Å². The summed E-state index contributed by atoms with van der Waals surface area (Å²) in [6.45, 7) is 3.94. The molecule has 1 aliphatic rings. The molecule has 0 saturated heterocycles. The van der Waals surface area contributed by atoms with Crippen LogP contribution in [0.4, 0.5) is 4.39 Å². The first-order valence-corrected chi connectivity index (χ1v) is 14.8. The van der Waals surface area contributed by atoms with Gasteiger partial charge in [0, 0.05) is 47.8 Å². The van der Waals surface area contributed by atoms with Crippen LogP contribution < -0.4 is 4.74 Å². The van der Waals surface area contributed by atoms with Gasteiger partial charge >= 0.3 is 5.97 Å². The standard InChI is InChI=1S/C33H33ClFN3O4/c1-3-27-30-26(36-37(27)2)19-41-16-5-4-15-38-31-24(13-14-25(34)29(30)31)23(32(38)33(39)40)9-7-17-42-28-10-6-8-20-18-21(35)11-12-22(20)28/h6,8,10-14,18H,3-5,7,9,15-17,19H2,1-2H3,(H,39,40). The number of hydrogen-bond acceptors (Lipinski definition) is 4. The molecule has 1 N–H and O–H groups in total. The minimum absolute atomic E-state index is 0.290. The number of carboxylic acids is 1. The Bertz CT molecular complexity index is 1810. The van der Waals surface area contributed by atoms with E-state index < -0.39 is 5.97 Å². The van der Waals surface area contributed by atoms with E-state index in [1.165, 1.54) is 12.1 Å². The molecule has 0 radical (unpaired) electrons. The fraction of sp³-hybridized carbons (Fsp3) is 0.333. The molecule has 0 unspecified atom stereocenters. The van der Waals surface area contributed by atoms with Crippen molar-refractivity contribution >= 4 is 39.2 Å². The number of aromatic carboxylic acids is 1. The minimum atomic E-state index is -0.964. The second kappa shape index (κ2) is 11.8. The number of carbonyl (C=O) groups is 1. The average molecular weight is 590 g/mol. The molecular weight excluding hydrogens is 557 g/mol. The zero-order valence-electron chi connectivity index (χ0n) is 23.8. The zero-order chi connectivity index (χ0) is 29.4. The molecule has 218 valence electrons. The summed E-state index contributed by atoms with van der Waals surface area (Å²) in [4.78, 5) is 12.9. The van der Waals surface area contributed by atoms with Crippen LogP contribution in [0.3, 0.4) is 0 Å². The van der Waals surface area contributed by atoms with Crippen molar-refractivity contribution in [3.8, 4) is 16.9 Å². The zero-order valence-corrected chi connectivity index (χ0v) is 24.5. The largest absolute Gasteiger partial charge is 0.493 e. The van der Waals surface area contributed by atoms with Crippen molar-refractivity contribution in [2.75, 3.05) is 13.2 Å². The van der Waals surface area contributed by atoms with E-state index >= 15 is 0 Å². The third kappa shape index (κ3) is 5.03. The lowest BCUT2D eigenvalue weighted by atomic mass is 9.97. The van der Waals surface area contributed by atoms with Crippen molar-refractivity contribution in [1.82, 2.24) is 14.3 Å². The summed E-state index contributed by atoms with van der Waals surface area (Å²) in [5.74, 6) is -0.580. The van der Waals surface area contributed by atoms with Gasteiger partial charge < -0.3 is 19.1 Å². The lowest BCUT2D eigenvalue weighted by Crippen LogP contribution is -2.12. The molecule has 3 aromatic carbocycles. The van der Waals surface area contributed by atoms with Crippen LogP contribution in [0.5, 0.6) is 5.75 Å². The molecule has 9 heteroatoms. The van der Waals surface area contributed by atoms with E-state index in [0.29, 0.717) is 50.0 Å². The van der Waals surface area contributed by atoms with Gasteiger partial charge in [0.1, 0.15) is 17.3 Å². The van der Waals surface area contributed by atoms with Crippen LogP contribution in [0, 0.1) is 5.82 Å². The molecule has 2 aromatic heterocycles. The monoisotopic (exact) mass is 589 g/mol. The van der Waals surface area contributed by atoms with Crippen LogP contribution >= 0.6 is 11.6 Å². The molecule has 0 fully saturated rings. The fourth-order valence-corrected chi connectivity index (χ4v) is 6.54. The first-order chi connectivity index (χ1) is 20.4. The van der Waals surface area contributed by atoms with Crippen molar-refractivity contribution in [3.63, 3.8) is 0 Å². The molecule has 0 aliphatic carbocycles. The van der Waals surface area contributed by atoms with Crippen molar-refractivity contribution in [2.45, 2.75) is 52.2 Å². The number of aromatic nitrogens is 3. The Morgan fingerprint density at radius 3 is 2.79 bits per heavy atom. The summed E-state index contributed by atoms with van der Waals surface area (Å²) in [5.41, 5.74) is 5.46. The fourth-order valence-electron chi connectivity index (χ4n) is 6.29. The number of carboxylic acid groups (broad SMARTS) is 1. The van der Waals surface area contributed by atoms with E-state index in [9.17, 15) is 14.3 Å². The predicted molar refractivity (Wildman–Crippen MR) is 162 cm³/mol. The third-order valence-electron chi connectivity index (χ3n) is 8.09. The Hall–Kier alpha value is -3.88. The summed E-state index contributed by atoms with van der Waals surface area (Å²) in [6.07, 6.45) is 3.42. The summed E-state index contributed by atoms with van der Waals surface area (Å²) in [5, 5.41) is 18.4. The number of ether oxygens (including phenoxy) is 2. The highest BCUT2D eigenvalue weighted by Gasteiger charge is 2.29. The van der Waals surface area contributed by atoms with Gasteiger partial charge in [0.25, 0.3) is 0 Å². The van der Waals surface area contributed by atoms with Gasteiger partial charge in [0.05, 0.1) is 29.4 Å². The highest BCUT2D eigenvalue weighted by molar-refractivity contribution is 6.35. The number of benzene rings is 3. The number of nitrogens with zero attached hydrogens (tertiary/aromatic N) is 3. The summed E-state index contributed by atoms with van der Waals surface area (Å²) in [7, 11) is 1.92. The molecule has 0 bridgehead atoms. The van der Waals surface area contributed by atoms with Crippen LogP contribution in [0.2, 0.25) is 5.02 Å². The SMILES string of the molecule is CCc1c2c(nn1C)COCCCCn1c(C(=O)O)c(CCCOc3cccc4cc(F)ccc34)c3ccc(Cl)c-2c31. The maximum atomic E-state index is 13.7. The highest BCUT2D eigenvalue weighted by atomic mass is 35.5. The van der Waals surface area contributed by atoms with E-state index in [1.54, 1.807) is 6.07 Å². The van der Waals surface area contributed by atoms with Gasteiger partial charge in [-0.3, -0.25) is 4.68 Å². The maximum absolute atomic E-state index is 13.7. The molecular formula is C33H33ClFN3O4. The Morgan fingerprint density at radius 2 is 1.98 bits per heavy atom. The van der Waals surface area contributed by atoms with Crippen molar-refractivity contribution in [2.24, 2.45) is 7.05 Å². The molecule has 42 heavy (non-hydrogen) atoms. The Kier molecular flexibility index (Phi) is 7.92.